The van der Waals surface area contributed by atoms with E-state index in [2.05, 4.69) is 13.8 Å². The highest BCUT2D eigenvalue weighted by atomic mass is 16.5. The fourth-order valence-corrected chi connectivity index (χ4v) is 3.48. The maximum absolute atomic E-state index is 13.3. The molecule has 0 heterocycles. The number of hydrogen-bond acceptors (Lipinski definition) is 7. The molecular formula is C25H32O8. The van der Waals surface area contributed by atoms with E-state index >= 15 is 0 Å². The molecule has 2 aromatic carbocycles. The Balaban J connectivity index is 2.47. The van der Waals surface area contributed by atoms with Crippen LogP contribution in [0.25, 0.3) is 0 Å². The number of methoxy groups -OCH3 is 3. The molecule has 0 bridgehead atoms. The number of carbonyl (C=O) groups is 2. The van der Waals surface area contributed by atoms with Crippen LogP contribution in [-0.2, 0) is 17.6 Å². The Morgan fingerprint density at radius 3 is 2.18 bits per heavy atom. The lowest BCUT2D eigenvalue weighted by atomic mass is 9.94. The second-order valence-corrected chi connectivity index (χ2v) is 8.01. The largest absolute Gasteiger partial charge is 0.504 e. The van der Waals surface area contributed by atoms with Gasteiger partial charge in [-0.1, -0.05) is 19.9 Å². The molecule has 0 aromatic heterocycles. The van der Waals surface area contributed by atoms with E-state index in [-0.39, 0.29) is 35.0 Å². The molecule has 2 rings (SSSR count). The molecule has 2 aromatic rings. The van der Waals surface area contributed by atoms with Gasteiger partial charge in [-0.2, -0.15) is 0 Å². The number of carboxylic acids is 1. The molecule has 180 valence electrons. The van der Waals surface area contributed by atoms with Gasteiger partial charge >= 0.3 is 5.97 Å². The van der Waals surface area contributed by atoms with Crippen LogP contribution < -0.4 is 18.9 Å². The van der Waals surface area contributed by atoms with Crippen LogP contribution in [0, 0.1) is 5.92 Å². The first kappa shape index (κ1) is 25.8. The molecule has 8 nitrogen and oxygen atoms in total. The van der Waals surface area contributed by atoms with Crippen molar-refractivity contribution in [2.24, 2.45) is 5.92 Å². The first-order valence-electron chi connectivity index (χ1n) is 10.7. The highest BCUT2D eigenvalue weighted by Gasteiger charge is 2.26. The number of phenolic OH excluding ortho intramolecular Hbond substituents is 1. The van der Waals surface area contributed by atoms with Gasteiger partial charge in [0.15, 0.2) is 23.9 Å². The summed E-state index contributed by atoms with van der Waals surface area (Å²) in [5.74, 6) is 0.234. The fraction of sp³-hybridized carbons (Fsp3) is 0.440. The molecule has 0 amide bonds. The van der Waals surface area contributed by atoms with Crippen molar-refractivity contribution in [3.63, 3.8) is 0 Å². The molecule has 8 heteroatoms. The van der Waals surface area contributed by atoms with Gasteiger partial charge < -0.3 is 29.2 Å². The van der Waals surface area contributed by atoms with E-state index in [1.807, 2.05) is 0 Å². The summed E-state index contributed by atoms with van der Waals surface area (Å²) >= 11 is 0. The molecule has 0 aliphatic heterocycles. The van der Waals surface area contributed by atoms with Gasteiger partial charge in [-0.3, -0.25) is 4.79 Å². The van der Waals surface area contributed by atoms with Gasteiger partial charge in [-0.25, -0.2) is 4.79 Å². The standard InChI is InChI=1S/C25H32O8/c1-15(2)6-9-17-20(30-3)13-22(32-5)24(25(17)33-14-23(28)29)19(27)11-8-16-7-10-18(26)21(12-16)31-4/h7,10,12-13,15,26H,6,8-9,11,14H2,1-5H3,(H,28,29). The Bertz CT molecular complexity index is 981. The average molecular weight is 461 g/mol. The number of ether oxygens (including phenoxy) is 4. The lowest BCUT2D eigenvalue weighted by Crippen LogP contribution is -2.16. The summed E-state index contributed by atoms with van der Waals surface area (Å²) in [5.41, 5.74) is 1.64. The Morgan fingerprint density at radius 1 is 0.939 bits per heavy atom. The number of hydrogen-bond donors (Lipinski definition) is 2. The molecule has 0 saturated heterocycles. The monoisotopic (exact) mass is 460 g/mol. The van der Waals surface area contributed by atoms with Crippen LogP contribution in [0.1, 0.15) is 48.2 Å². The number of carbonyl (C=O) groups excluding carboxylic acids is 1. The normalized spacial score (nSPS) is 10.7. The zero-order chi connectivity index (χ0) is 24.5. The van der Waals surface area contributed by atoms with Crippen LogP contribution in [0.3, 0.4) is 0 Å². The summed E-state index contributed by atoms with van der Waals surface area (Å²) in [6.07, 6.45) is 1.84. The van der Waals surface area contributed by atoms with Crippen molar-refractivity contribution < 1.29 is 38.7 Å². The highest BCUT2D eigenvalue weighted by Crippen LogP contribution is 2.41. The van der Waals surface area contributed by atoms with Crippen molar-refractivity contribution in [1.82, 2.24) is 0 Å². The number of benzene rings is 2. The molecule has 2 N–H and O–H groups in total. The van der Waals surface area contributed by atoms with E-state index in [9.17, 15) is 19.8 Å². The Hall–Kier alpha value is -3.42. The number of ketones is 1. The molecule has 0 saturated carbocycles. The van der Waals surface area contributed by atoms with Gasteiger partial charge in [-0.05, 0) is 42.9 Å². The number of carboxylic acid groups (broad SMARTS) is 1. The minimum Gasteiger partial charge on any atom is -0.504 e. The molecule has 0 aliphatic carbocycles. The van der Waals surface area contributed by atoms with Crippen molar-refractivity contribution in [3.05, 3.63) is 41.0 Å². The third-order valence-electron chi connectivity index (χ3n) is 5.22. The number of phenols is 1. The fourth-order valence-electron chi connectivity index (χ4n) is 3.48. The van der Waals surface area contributed by atoms with Crippen molar-refractivity contribution in [2.75, 3.05) is 27.9 Å². The minimum absolute atomic E-state index is 0.0172. The van der Waals surface area contributed by atoms with Crippen LogP contribution in [0.15, 0.2) is 24.3 Å². The molecule has 0 unspecified atom stereocenters. The van der Waals surface area contributed by atoms with Gasteiger partial charge in [0.25, 0.3) is 0 Å². The summed E-state index contributed by atoms with van der Waals surface area (Å²) in [7, 11) is 4.40. The number of aromatic hydroxyl groups is 1. The van der Waals surface area contributed by atoms with Crippen molar-refractivity contribution >= 4 is 11.8 Å². The molecule has 0 atom stereocenters. The van der Waals surface area contributed by atoms with Crippen LogP contribution in [0.2, 0.25) is 0 Å². The Kier molecular flexibility index (Phi) is 9.39. The zero-order valence-corrected chi connectivity index (χ0v) is 19.8. The summed E-state index contributed by atoms with van der Waals surface area (Å²) in [6.45, 7) is 3.55. The van der Waals surface area contributed by atoms with E-state index < -0.39 is 12.6 Å². The molecule has 0 radical (unpaired) electrons. The molecule has 33 heavy (non-hydrogen) atoms. The number of Topliss-reactive ketones (excluding diaryl/α,β-unsaturated/α-hetero) is 1. The summed E-state index contributed by atoms with van der Waals surface area (Å²) in [6, 6.07) is 6.54. The lowest BCUT2D eigenvalue weighted by molar-refractivity contribution is -0.139. The molecule has 0 spiro atoms. The van der Waals surface area contributed by atoms with Gasteiger partial charge in [-0.15, -0.1) is 0 Å². The Labute approximate surface area is 194 Å². The maximum Gasteiger partial charge on any atom is 0.341 e. The van der Waals surface area contributed by atoms with Crippen molar-refractivity contribution in [3.8, 4) is 28.7 Å². The predicted octanol–water partition coefficient (Wildman–Crippen LogP) is 4.29. The van der Waals surface area contributed by atoms with Gasteiger partial charge in [0, 0.05) is 18.1 Å². The van der Waals surface area contributed by atoms with E-state index in [4.69, 9.17) is 18.9 Å². The molecule has 0 fully saturated rings. The third kappa shape index (κ3) is 6.78. The quantitative estimate of drug-likeness (QED) is 0.426. The second-order valence-electron chi connectivity index (χ2n) is 8.01. The summed E-state index contributed by atoms with van der Waals surface area (Å²) < 4.78 is 21.7. The van der Waals surface area contributed by atoms with E-state index in [0.717, 1.165) is 12.0 Å². The zero-order valence-electron chi connectivity index (χ0n) is 19.8. The van der Waals surface area contributed by atoms with Crippen LogP contribution in [0.5, 0.6) is 28.7 Å². The van der Waals surface area contributed by atoms with E-state index in [1.165, 1.54) is 27.4 Å². The van der Waals surface area contributed by atoms with Gasteiger partial charge in [0.1, 0.15) is 22.8 Å². The van der Waals surface area contributed by atoms with Gasteiger partial charge in [0.2, 0.25) is 0 Å². The first-order valence-corrected chi connectivity index (χ1v) is 10.7. The molecular weight excluding hydrogens is 428 g/mol. The van der Waals surface area contributed by atoms with Crippen molar-refractivity contribution in [1.29, 1.82) is 0 Å². The second kappa shape index (κ2) is 12.0. The highest BCUT2D eigenvalue weighted by molar-refractivity contribution is 6.02. The summed E-state index contributed by atoms with van der Waals surface area (Å²) in [5, 5.41) is 19.0. The van der Waals surface area contributed by atoms with Crippen molar-refractivity contribution in [2.45, 2.75) is 39.5 Å². The third-order valence-corrected chi connectivity index (χ3v) is 5.22. The van der Waals surface area contributed by atoms with E-state index in [0.29, 0.717) is 35.8 Å². The topological polar surface area (TPSA) is 112 Å². The Morgan fingerprint density at radius 2 is 1.61 bits per heavy atom. The predicted molar refractivity (Wildman–Crippen MR) is 123 cm³/mol. The van der Waals surface area contributed by atoms with E-state index in [1.54, 1.807) is 18.2 Å². The average Bonchev–Trinajstić information content (AvgIpc) is 2.79. The lowest BCUT2D eigenvalue weighted by Gasteiger charge is -2.21. The minimum atomic E-state index is -1.15. The SMILES string of the molecule is COc1cc(CCC(=O)c2c(OC)cc(OC)c(CCC(C)C)c2OCC(=O)O)ccc1O. The van der Waals surface area contributed by atoms with Crippen LogP contribution >= 0.6 is 0 Å². The van der Waals surface area contributed by atoms with Crippen LogP contribution in [-0.4, -0.2) is 49.9 Å². The number of aliphatic carboxylic acids is 1. The van der Waals surface area contributed by atoms with Gasteiger partial charge in [0.05, 0.1) is 21.3 Å². The number of aryl methyl sites for hydroxylation is 1. The first-order chi connectivity index (χ1) is 15.7. The maximum atomic E-state index is 13.3. The van der Waals surface area contributed by atoms with Crippen LogP contribution in [0.4, 0.5) is 0 Å². The summed E-state index contributed by atoms with van der Waals surface area (Å²) in [4.78, 5) is 24.6. The smallest absolute Gasteiger partial charge is 0.341 e. The molecule has 0 aliphatic rings. The number of rotatable bonds is 13.